The Morgan fingerprint density at radius 3 is 2.16 bits per heavy atom. The Balaban J connectivity index is 0.000000861. The van der Waals surface area contributed by atoms with Crippen LogP contribution in [-0.4, -0.2) is 23.9 Å². The van der Waals surface area contributed by atoms with Crippen LogP contribution in [0.1, 0.15) is 38.7 Å². The number of amides is 1. The Labute approximate surface area is 113 Å². The summed E-state index contributed by atoms with van der Waals surface area (Å²) >= 11 is 0. The van der Waals surface area contributed by atoms with Gasteiger partial charge in [0, 0.05) is 18.7 Å². The van der Waals surface area contributed by atoms with E-state index in [0.29, 0.717) is 13.1 Å². The van der Waals surface area contributed by atoms with Gasteiger partial charge in [0.2, 0.25) is 5.91 Å². The minimum absolute atomic E-state index is 0.122. The zero-order valence-corrected chi connectivity index (χ0v) is 11.6. The van der Waals surface area contributed by atoms with E-state index in [2.05, 4.69) is 0 Å². The van der Waals surface area contributed by atoms with Crippen LogP contribution >= 0.6 is 0 Å². The Hall–Kier alpha value is -1.45. The van der Waals surface area contributed by atoms with E-state index in [4.69, 9.17) is 0 Å². The number of piperidine rings is 1. The average Bonchev–Trinajstić information content (AvgIpc) is 2.46. The number of benzene rings is 1. The van der Waals surface area contributed by atoms with E-state index in [1.165, 1.54) is 18.2 Å². The second-order valence-electron chi connectivity index (χ2n) is 4.32. The van der Waals surface area contributed by atoms with Crippen LogP contribution in [0.3, 0.4) is 0 Å². The number of nitrogens with zero attached hydrogens (tertiary/aromatic N) is 1. The standard InChI is InChI=1S/C13H15F2NO.C2H6/c14-11-5-4-6-12(15)10(11)9-13(17)16-7-2-1-3-8-16;1-2/h4-6H,1-3,7-9H2;1-2H3. The fourth-order valence-corrected chi connectivity index (χ4v) is 2.11. The summed E-state index contributed by atoms with van der Waals surface area (Å²) in [6.07, 6.45) is 2.90. The van der Waals surface area contributed by atoms with Crippen molar-refractivity contribution < 1.29 is 13.6 Å². The summed E-state index contributed by atoms with van der Waals surface area (Å²) < 4.78 is 26.7. The summed E-state index contributed by atoms with van der Waals surface area (Å²) in [6, 6.07) is 3.67. The molecule has 1 saturated heterocycles. The van der Waals surface area contributed by atoms with Crippen molar-refractivity contribution in [2.24, 2.45) is 0 Å². The molecule has 106 valence electrons. The SMILES string of the molecule is CC.O=C(Cc1c(F)cccc1F)N1CCCCC1. The molecule has 0 bridgehead atoms. The van der Waals surface area contributed by atoms with Crippen molar-refractivity contribution in [3.8, 4) is 0 Å². The first-order valence-electron chi connectivity index (χ1n) is 6.89. The molecule has 0 spiro atoms. The third-order valence-corrected chi connectivity index (χ3v) is 3.10. The third-order valence-electron chi connectivity index (χ3n) is 3.10. The molecule has 0 aliphatic carbocycles. The van der Waals surface area contributed by atoms with Crippen molar-refractivity contribution in [3.63, 3.8) is 0 Å². The van der Waals surface area contributed by atoms with Crippen LogP contribution in [0.15, 0.2) is 18.2 Å². The molecule has 4 heteroatoms. The van der Waals surface area contributed by atoms with E-state index in [9.17, 15) is 13.6 Å². The van der Waals surface area contributed by atoms with Gasteiger partial charge in [-0.25, -0.2) is 8.78 Å². The molecule has 1 fully saturated rings. The van der Waals surface area contributed by atoms with Crippen LogP contribution in [0.5, 0.6) is 0 Å². The number of carbonyl (C=O) groups excluding carboxylic acids is 1. The third kappa shape index (κ3) is 4.30. The smallest absolute Gasteiger partial charge is 0.227 e. The first kappa shape index (κ1) is 15.6. The fraction of sp³-hybridized carbons (Fsp3) is 0.533. The predicted octanol–water partition coefficient (Wildman–Crippen LogP) is 3.55. The van der Waals surface area contributed by atoms with Crippen molar-refractivity contribution in [2.75, 3.05) is 13.1 Å². The first-order valence-corrected chi connectivity index (χ1v) is 6.89. The van der Waals surface area contributed by atoms with Crippen molar-refractivity contribution in [1.82, 2.24) is 4.90 Å². The van der Waals surface area contributed by atoms with E-state index in [1.54, 1.807) is 4.90 Å². The van der Waals surface area contributed by atoms with Crippen molar-refractivity contribution >= 4 is 5.91 Å². The molecular weight excluding hydrogens is 248 g/mol. The molecule has 1 aromatic rings. The van der Waals surface area contributed by atoms with E-state index in [0.717, 1.165) is 19.3 Å². The number of hydrogen-bond donors (Lipinski definition) is 0. The minimum Gasteiger partial charge on any atom is -0.342 e. The van der Waals surface area contributed by atoms with Gasteiger partial charge in [0.1, 0.15) is 11.6 Å². The Kier molecular flexibility index (Phi) is 6.46. The van der Waals surface area contributed by atoms with Crippen molar-refractivity contribution in [3.05, 3.63) is 35.4 Å². The molecule has 1 aromatic carbocycles. The lowest BCUT2D eigenvalue weighted by atomic mass is 10.1. The summed E-state index contributed by atoms with van der Waals surface area (Å²) in [6.45, 7) is 5.41. The summed E-state index contributed by atoms with van der Waals surface area (Å²) in [4.78, 5) is 13.6. The van der Waals surface area contributed by atoms with Crippen molar-refractivity contribution in [1.29, 1.82) is 0 Å². The van der Waals surface area contributed by atoms with Crippen LogP contribution < -0.4 is 0 Å². The minimum atomic E-state index is -0.643. The van der Waals surface area contributed by atoms with Crippen LogP contribution in [0.25, 0.3) is 0 Å². The van der Waals surface area contributed by atoms with Gasteiger partial charge < -0.3 is 4.90 Å². The van der Waals surface area contributed by atoms with Gasteiger partial charge in [0.05, 0.1) is 6.42 Å². The average molecular weight is 269 g/mol. The second kappa shape index (κ2) is 7.87. The van der Waals surface area contributed by atoms with Gasteiger partial charge in [0.15, 0.2) is 0 Å². The molecule has 0 saturated carbocycles. The molecule has 1 aliphatic heterocycles. The molecule has 0 aromatic heterocycles. The normalized spacial score (nSPS) is 14.6. The highest BCUT2D eigenvalue weighted by Crippen LogP contribution is 2.16. The summed E-state index contributed by atoms with van der Waals surface area (Å²) in [5.41, 5.74) is -0.122. The molecule has 1 amide bonds. The summed E-state index contributed by atoms with van der Waals surface area (Å²) in [7, 11) is 0. The van der Waals surface area contributed by atoms with Crippen LogP contribution in [0.4, 0.5) is 8.78 Å². The maximum absolute atomic E-state index is 13.4. The van der Waals surface area contributed by atoms with Crippen LogP contribution in [0, 0.1) is 11.6 Å². The Bertz CT molecular complexity index is 394. The first-order chi connectivity index (χ1) is 9.18. The second-order valence-corrected chi connectivity index (χ2v) is 4.32. The number of carbonyl (C=O) groups is 1. The lowest BCUT2D eigenvalue weighted by Crippen LogP contribution is -2.36. The summed E-state index contributed by atoms with van der Waals surface area (Å²) in [5, 5.41) is 0. The molecule has 0 atom stereocenters. The Morgan fingerprint density at radius 2 is 1.63 bits per heavy atom. The van der Waals surface area contributed by atoms with Gasteiger partial charge >= 0.3 is 0 Å². The van der Waals surface area contributed by atoms with Crippen molar-refractivity contribution in [2.45, 2.75) is 39.5 Å². The largest absolute Gasteiger partial charge is 0.342 e. The number of halogens is 2. The predicted molar refractivity (Wildman–Crippen MR) is 71.8 cm³/mol. The van der Waals surface area contributed by atoms with Gasteiger partial charge in [-0.1, -0.05) is 19.9 Å². The van der Waals surface area contributed by atoms with E-state index >= 15 is 0 Å². The molecule has 2 nitrogen and oxygen atoms in total. The maximum Gasteiger partial charge on any atom is 0.227 e. The molecule has 2 rings (SSSR count). The number of rotatable bonds is 2. The van der Waals surface area contributed by atoms with Crippen LogP contribution in [-0.2, 0) is 11.2 Å². The van der Waals surface area contributed by atoms with E-state index < -0.39 is 11.6 Å². The lowest BCUT2D eigenvalue weighted by Gasteiger charge is -2.26. The van der Waals surface area contributed by atoms with E-state index in [1.807, 2.05) is 13.8 Å². The number of hydrogen-bond acceptors (Lipinski definition) is 1. The van der Waals surface area contributed by atoms with Gasteiger partial charge in [0.25, 0.3) is 0 Å². The topological polar surface area (TPSA) is 20.3 Å². The Morgan fingerprint density at radius 1 is 1.11 bits per heavy atom. The highest BCUT2D eigenvalue weighted by molar-refractivity contribution is 5.79. The van der Waals surface area contributed by atoms with Gasteiger partial charge in [-0.2, -0.15) is 0 Å². The molecule has 0 N–H and O–H groups in total. The number of likely N-dealkylation sites (tertiary alicyclic amines) is 1. The maximum atomic E-state index is 13.4. The highest BCUT2D eigenvalue weighted by Gasteiger charge is 2.19. The van der Waals surface area contributed by atoms with Crippen LogP contribution in [0.2, 0.25) is 0 Å². The highest BCUT2D eigenvalue weighted by atomic mass is 19.1. The zero-order chi connectivity index (χ0) is 14.3. The van der Waals surface area contributed by atoms with Gasteiger partial charge in [-0.05, 0) is 31.4 Å². The molecule has 1 heterocycles. The lowest BCUT2D eigenvalue weighted by molar-refractivity contribution is -0.131. The molecule has 1 aliphatic rings. The summed E-state index contributed by atoms with van der Waals surface area (Å²) in [5.74, 6) is -1.47. The quantitative estimate of drug-likeness (QED) is 0.804. The zero-order valence-electron chi connectivity index (χ0n) is 11.6. The molecular formula is C15H21F2NO. The fourth-order valence-electron chi connectivity index (χ4n) is 2.11. The molecule has 0 unspecified atom stereocenters. The molecule has 0 radical (unpaired) electrons. The van der Waals surface area contributed by atoms with E-state index in [-0.39, 0.29) is 17.9 Å². The van der Waals surface area contributed by atoms with Gasteiger partial charge in [-0.15, -0.1) is 0 Å². The monoisotopic (exact) mass is 269 g/mol. The van der Waals surface area contributed by atoms with Gasteiger partial charge in [-0.3, -0.25) is 4.79 Å². The molecule has 19 heavy (non-hydrogen) atoms.